The average molecular weight is 395 g/mol. The number of hydrogen-bond acceptors (Lipinski definition) is 6. The minimum absolute atomic E-state index is 0.105. The standard InChI is InChI=1S/C21H22FN5O2/c1-27-11-13(10-23-27)12-2-4-15(18(28)8-12)16-6-7-20(26-25-16)29-19-9-14-3-5-17(24-14)21(19)22/h2,4,6-8,10-11,14,17,19,21,24,28H,3,5,9H2,1H3/t14?,17?,19-,21+/m0/s1. The minimum Gasteiger partial charge on any atom is -0.507 e. The van der Waals surface area contributed by atoms with Gasteiger partial charge in [-0.25, -0.2) is 4.39 Å². The maximum absolute atomic E-state index is 14.5. The van der Waals surface area contributed by atoms with Crippen LogP contribution in [0.2, 0.25) is 0 Å². The van der Waals surface area contributed by atoms with Gasteiger partial charge in [-0.05, 0) is 36.6 Å². The van der Waals surface area contributed by atoms with E-state index >= 15 is 0 Å². The summed E-state index contributed by atoms with van der Waals surface area (Å²) in [5.41, 5.74) is 2.87. The van der Waals surface area contributed by atoms with Crippen molar-refractivity contribution in [2.75, 3.05) is 0 Å². The van der Waals surface area contributed by atoms with Gasteiger partial charge in [0.15, 0.2) is 6.17 Å². The first-order valence-corrected chi connectivity index (χ1v) is 9.80. The molecular formula is C21H22FN5O2. The molecule has 4 atom stereocenters. The van der Waals surface area contributed by atoms with Crippen molar-refractivity contribution in [3.05, 3.63) is 42.7 Å². The molecule has 0 spiro atoms. The van der Waals surface area contributed by atoms with E-state index in [9.17, 15) is 9.50 Å². The summed E-state index contributed by atoms with van der Waals surface area (Å²) in [6.07, 6.45) is 4.56. The number of piperidine rings is 1. The summed E-state index contributed by atoms with van der Waals surface area (Å²) < 4.78 is 22.0. The number of fused-ring (bicyclic) bond motifs is 2. The number of rotatable bonds is 4. The van der Waals surface area contributed by atoms with Crippen LogP contribution in [0.15, 0.2) is 42.7 Å². The number of alkyl halides is 1. The van der Waals surface area contributed by atoms with Crippen molar-refractivity contribution in [2.24, 2.45) is 7.05 Å². The van der Waals surface area contributed by atoms with Gasteiger partial charge in [-0.2, -0.15) is 5.10 Å². The van der Waals surface area contributed by atoms with Crippen LogP contribution in [0, 0.1) is 0 Å². The molecular weight excluding hydrogens is 373 g/mol. The first kappa shape index (κ1) is 18.1. The smallest absolute Gasteiger partial charge is 0.233 e. The van der Waals surface area contributed by atoms with E-state index in [2.05, 4.69) is 20.6 Å². The van der Waals surface area contributed by atoms with Gasteiger partial charge in [-0.3, -0.25) is 4.68 Å². The van der Waals surface area contributed by atoms with Gasteiger partial charge in [0.2, 0.25) is 5.88 Å². The highest BCUT2D eigenvalue weighted by Crippen LogP contribution is 2.34. The zero-order valence-electron chi connectivity index (χ0n) is 16.0. The maximum atomic E-state index is 14.5. The summed E-state index contributed by atoms with van der Waals surface area (Å²) >= 11 is 0. The number of hydrogen-bond donors (Lipinski definition) is 2. The Hall–Kier alpha value is -3.00. The lowest BCUT2D eigenvalue weighted by Crippen LogP contribution is -2.51. The van der Waals surface area contributed by atoms with Crippen LogP contribution in [0.1, 0.15) is 19.3 Å². The fraction of sp³-hybridized carbons (Fsp3) is 0.381. The quantitative estimate of drug-likeness (QED) is 0.707. The van der Waals surface area contributed by atoms with Crippen molar-refractivity contribution < 1.29 is 14.2 Å². The summed E-state index contributed by atoms with van der Waals surface area (Å²) in [6.45, 7) is 0. The van der Waals surface area contributed by atoms with Gasteiger partial charge in [0, 0.05) is 48.9 Å². The second-order valence-electron chi connectivity index (χ2n) is 7.78. The zero-order chi connectivity index (χ0) is 20.0. The third-order valence-corrected chi connectivity index (χ3v) is 5.76. The molecule has 5 rings (SSSR count). The van der Waals surface area contributed by atoms with E-state index in [1.807, 2.05) is 19.3 Å². The van der Waals surface area contributed by atoms with Crippen LogP contribution in [-0.4, -0.2) is 49.4 Å². The van der Waals surface area contributed by atoms with Gasteiger partial charge in [-0.15, -0.1) is 10.2 Å². The van der Waals surface area contributed by atoms with E-state index < -0.39 is 12.3 Å². The lowest BCUT2D eigenvalue weighted by atomic mass is 10.0. The third kappa shape index (κ3) is 3.44. The molecule has 29 heavy (non-hydrogen) atoms. The summed E-state index contributed by atoms with van der Waals surface area (Å²) in [7, 11) is 1.84. The minimum atomic E-state index is -1.04. The predicted molar refractivity (Wildman–Crippen MR) is 105 cm³/mol. The molecule has 2 bridgehead atoms. The van der Waals surface area contributed by atoms with Gasteiger partial charge in [0.05, 0.1) is 11.9 Å². The van der Waals surface area contributed by atoms with E-state index in [1.165, 1.54) is 0 Å². The average Bonchev–Trinajstić information content (AvgIpc) is 3.33. The van der Waals surface area contributed by atoms with Crippen LogP contribution in [0.5, 0.6) is 11.6 Å². The number of ether oxygens (including phenoxy) is 1. The Bertz CT molecular complexity index is 1020. The van der Waals surface area contributed by atoms with Crippen molar-refractivity contribution >= 4 is 0 Å². The van der Waals surface area contributed by atoms with E-state index in [1.54, 1.807) is 35.1 Å². The second kappa shape index (κ2) is 7.11. The number of benzene rings is 1. The summed E-state index contributed by atoms with van der Waals surface area (Å²) in [6, 6.07) is 8.97. The maximum Gasteiger partial charge on any atom is 0.233 e. The summed E-state index contributed by atoms with van der Waals surface area (Å²) in [5.74, 6) is 0.405. The molecule has 2 saturated heterocycles. The number of halogens is 1. The second-order valence-corrected chi connectivity index (χ2v) is 7.78. The molecule has 150 valence electrons. The molecule has 2 unspecified atom stereocenters. The normalized spacial score (nSPS) is 25.9. The number of aromatic nitrogens is 4. The van der Waals surface area contributed by atoms with Crippen LogP contribution in [0.4, 0.5) is 4.39 Å². The molecule has 1 aromatic carbocycles. The highest BCUT2D eigenvalue weighted by Gasteiger charge is 2.43. The molecule has 0 aliphatic carbocycles. The van der Waals surface area contributed by atoms with E-state index in [-0.39, 0.29) is 11.8 Å². The van der Waals surface area contributed by atoms with E-state index in [0.717, 1.165) is 24.0 Å². The molecule has 3 aromatic rings. The first-order chi connectivity index (χ1) is 14.1. The van der Waals surface area contributed by atoms with Crippen LogP contribution in [-0.2, 0) is 7.05 Å². The van der Waals surface area contributed by atoms with Crippen LogP contribution < -0.4 is 10.1 Å². The fourth-order valence-corrected chi connectivity index (χ4v) is 4.25. The first-order valence-electron chi connectivity index (χ1n) is 9.80. The molecule has 0 amide bonds. The Kier molecular flexibility index (Phi) is 4.43. The monoisotopic (exact) mass is 395 g/mol. The SMILES string of the molecule is Cn1cc(-c2ccc(-c3ccc(O[C@H]4CC5CCC(N5)[C@H]4F)nn3)c(O)c2)cn1. The molecule has 8 heteroatoms. The van der Waals surface area contributed by atoms with Crippen LogP contribution >= 0.6 is 0 Å². The van der Waals surface area contributed by atoms with Crippen LogP contribution in [0.25, 0.3) is 22.4 Å². The predicted octanol–water partition coefficient (Wildman–Crippen LogP) is 2.86. The molecule has 2 aliphatic rings. The van der Waals surface area contributed by atoms with E-state index in [4.69, 9.17) is 4.74 Å². The Morgan fingerprint density at radius 2 is 2.07 bits per heavy atom. The summed E-state index contributed by atoms with van der Waals surface area (Å²) in [4.78, 5) is 0. The fourth-order valence-electron chi connectivity index (χ4n) is 4.25. The number of phenols is 1. The lowest BCUT2D eigenvalue weighted by Gasteiger charge is -2.32. The Morgan fingerprint density at radius 1 is 1.17 bits per heavy atom. The number of aromatic hydroxyl groups is 1. The highest BCUT2D eigenvalue weighted by atomic mass is 19.1. The topological polar surface area (TPSA) is 85.1 Å². The molecule has 2 fully saturated rings. The lowest BCUT2D eigenvalue weighted by molar-refractivity contribution is 0.0422. The number of aryl methyl sites for hydroxylation is 1. The van der Waals surface area contributed by atoms with Crippen molar-refractivity contribution in [3.8, 4) is 34.0 Å². The molecule has 7 nitrogen and oxygen atoms in total. The van der Waals surface area contributed by atoms with Crippen molar-refractivity contribution in [3.63, 3.8) is 0 Å². The number of nitrogens with zero attached hydrogens (tertiary/aromatic N) is 4. The largest absolute Gasteiger partial charge is 0.507 e. The van der Waals surface area contributed by atoms with Gasteiger partial charge in [0.25, 0.3) is 0 Å². The van der Waals surface area contributed by atoms with Crippen molar-refractivity contribution in [1.82, 2.24) is 25.3 Å². The Balaban J connectivity index is 1.32. The van der Waals surface area contributed by atoms with Gasteiger partial charge >= 0.3 is 0 Å². The van der Waals surface area contributed by atoms with Gasteiger partial charge in [-0.1, -0.05) is 6.07 Å². The van der Waals surface area contributed by atoms with Gasteiger partial charge < -0.3 is 15.2 Å². The van der Waals surface area contributed by atoms with Gasteiger partial charge in [0.1, 0.15) is 11.9 Å². The third-order valence-electron chi connectivity index (χ3n) is 5.76. The van der Waals surface area contributed by atoms with Crippen molar-refractivity contribution in [1.29, 1.82) is 0 Å². The molecule has 4 heterocycles. The highest BCUT2D eigenvalue weighted by molar-refractivity contribution is 5.73. The molecule has 0 saturated carbocycles. The molecule has 2 aromatic heterocycles. The summed E-state index contributed by atoms with van der Waals surface area (Å²) in [5, 5.41) is 26.2. The Morgan fingerprint density at radius 3 is 2.79 bits per heavy atom. The Labute approximate surface area is 167 Å². The number of nitrogens with one attached hydrogen (secondary N) is 1. The van der Waals surface area contributed by atoms with Crippen molar-refractivity contribution in [2.45, 2.75) is 43.6 Å². The molecule has 2 aliphatic heterocycles. The van der Waals surface area contributed by atoms with E-state index in [0.29, 0.717) is 29.6 Å². The van der Waals surface area contributed by atoms with Crippen LogP contribution in [0.3, 0.4) is 0 Å². The number of phenolic OH excluding ortho intramolecular Hbond substituents is 1. The zero-order valence-corrected chi connectivity index (χ0v) is 16.0. The molecule has 2 N–H and O–H groups in total. The molecule has 0 radical (unpaired) electrons.